The van der Waals surface area contributed by atoms with Crippen LogP contribution in [0.4, 0.5) is 34.1 Å². The number of nitrogens with one attached hydrogen (secondary N) is 2. The molecule has 0 fully saturated rings. The second kappa shape index (κ2) is 22.2. The van der Waals surface area contributed by atoms with Crippen LogP contribution in [-0.4, -0.2) is 56.6 Å². The largest absolute Gasteiger partial charge is 0.463 e. The van der Waals surface area contributed by atoms with Crippen molar-refractivity contribution < 1.29 is 27.5 Å². The molecule has 330 valence electrons. The molecule has 1 aliphatic heterocycles. The first-order valence-electron chi connectivity index (χ1n) is 21.7. The number of azo groups is 2. The monoisotopic (exact) mass is 871 g/mol. The Hall–Kier alpha value is -6.25. The number of sulfonamides is 1. The van der Waals surface area contributed by atoms with Crippen LogP contribution in [0.1, 0.15) is 78.1 Å². The number of esters is 2. The quantitative estimate of drug-likeness (QED) is 0.0268. The lowest BCUT2D eigenvalue weighted by atomic mass is 9.97. The summed E-state index contributed by atoms with van der Waals surface area (Å²) in [6, 6.07) is 28.3. The minimum absolute atomic E-state index is 0.174. The van der Waals surface area contributed by atoms with Gasteiger partial charge in [0, 0.05) is 58.2 Å². The van der Waals surface area contributed by atoms with Crippen molar-refractivity contribution in [3.05, 3.63) is 116 Å². The van der Waals surface area contributed by atoms with Crippen molar-refractivity contribution in [2.24, 2.45) is 20.5 Å². The first kappa shape index (κ1) is 46.3. The van der Waals surface area contributed by atoms with Crippen molar-refractivity contribution in [3.63, 3.8) is 0 Å². The van der Waals surface area contributed by atoms with Crippen LogP contribution in [-0.2, 0) is 29.1 Å². The summed E-state index contributed by atoms with van der Waals surface area (Å²) in [5.41, 5.74) is 4.52. The van der Waals surface area contributed by atoms with E-state index in [1.165, 1.54) is 4.31 Å². The molecule has 0 aromatic heterocycles. The molecule has 0 saturated heterocycles. The minimum Gasteiger partial charge on any atom is -0.463 e. The number of carbonyl (C=O) groups excluding carboxylic acids is 2. The first-order valence-corrected chi connectivity index (χ1v) is 23.1. The molecule has 1 aliphatic rings. The number of fused-ring (bicyclic) bond motifs is 1. The number of ether oxygens (including phenoxy) is 2. The van der Waals surface area contributed by atoms with E-state index in [9.17, 15) is 18.0 Å². The van der Waals surface area contributed by atoms with Crippen LogP contribution in [0, 0.1) is 0 Å². The van der Waals surface area contributed by atoms with E-state index in [2.05, 4.69) is 66.1 Å². The van der Waals surface area contributed by atoms with Gasteiger partial charge < -0.3 is 20.1 Å². The summed E-state index contributed by atoms with van der Waals surface area (Å²) in [5, 5.41) is 29.7. The lowest BCUT2D eigenvalue weighted by Gasteiger charge is -2.39. The zero-order valence-corrected chi connectivity index (χ0v) is 37.0. The predicted molar refractivity (Wildman–Crippen MR) is 251 cm³/mol. The highest BCUT2D eigenvalue weighted by molar-refractivity contribution is 7.89. The molecular formula is C49H57N7O6S. The Morgan fingerprint density at radius 3 is 1.68 bits per heavy atom. The Bertz CT molecular complexity index is 2530. The first-order chi connectivity index (χ1) is 30.5. The van der Waals surface area contributed by atoms with Crippen molar-refractivity contribution in [3.8, 4) is 0 Å². The lowest BCUT2D eigenvalue weighted by molar-refractivity contribution is -0.138. The Kier molecular flexibility index (Phi) is 16.3. The van der Waals surface area contributed by atoms with Gasteiger partial charge in [0.1, 0.15) is 5.66 Å². The summed E-state index contributed by atoms with van der Waals surface area (Å²) in [4.78, 5) is 22.8. The van der Waals surface area contributed by atoms with Gasteiger partial charge in [-0.2, -0.15) is 9.42 Å². The van der Waals surface area contributed by atoms with E-state index in [0.29, 0.717) is 69.0 Å². The maximum Gasteiger partial charge on any atom is 0.330 e. The van der Waals surface area contributed by atoms with E-state index in [-0.39, 0.29) is 10.6 Å². The van der Waals surface area contributed by atoms with Gasteiger partial charge in [-0.1, -0.05) is 88.6 Å². The average Bonchev–Trinajstić information content (AvgIpc) is 3.29. The number of hydrogen-bond acceptors (Lipinski definition) is 12. The summed E-state index contributed by atoms with van der Waals surface area (Å²) in [5.74, 6) is -0.904. The fourth-order valence-electron chi connectivity index (χ4n) is 7.74. The number of carbonyl (C=O) groups is 2. The zero-order chi connectivity index (χ0) is 44.7. The van der Waals surface area contributed by atoms with Crippen LogP contribution < -0.4 is 10.6 Å². The summed E-state index contributed by atoms with van der Waals surface area (Å²) in [6.07, 6.45) is 10.2. The van der Waals surface area contributed by atoms with E-state index in [1.54, 1.807) is 24.3 Å². The number of hydrogen-bond donors (Lipinski definition) is 2. The molecule has 6 rings (SSSR count). The Morgan fingerprint density at radius 2 is 1.13 bits per heavy atom. The van der Waals surface area contributed by atoms with Crippen molar-refractivity contribution >= 4 is 77.6 Å². The molecule has 0 amide bonds. The van der Waals surface area contributed by atoms with Gasteiger partial charge in [-0.05, 0) is 93.6 Å². The van der Waals surface area contributed by atoms with E-state index in [0.717, 1.165) is 89.3 Å². The number of unbranched alkanes of at least 4 members (excludes halogenated alkanes) is 6. The van der Waals surface area contributed by atoms with E-state index in [4.69, 9.17) is 19.7 Å². The topological polar surface area (TPSA) is 163 Å². The van der Waals surface area contributed by atoms with Gasteiger partial charge in [0.15, 0.2) is 0 Å². The molecule has 1 heterocycles. The smallest absolute Gasteiger partial charge is 0.330 e. The molecular weight excluding hydrogens is 815 g/mol. The van der Waals surface area contributed by atoms with E-state index >= 15 is 0 Å². The van der Waals surface area contributed by atoms with Crippen LogP contribution in [0.2, 0.25) is 0 Å². The van der Waals surface area contributed by atoms with Crippen LogP contribution in [0.5, 0.6) is 0 Å². The van der Waals surface area contributed by atoms with Gasteiger partial charge in [0.2, 0.25) is 10.0 Å². The van der Waals surface area contributed by atoms with Gasteiger partial charge in [0.05, 0.1) is 40.9 Å². The normalized spacial score (nSPS) is 14.8. The summed E-state index contributed by atoms with van der Waals surface area (Å²) >= 11 is 0. The highest BCUT2D eigenvalue weighted by Crippen LogP contribution is 2.43. The summed E-state index contributed by atoms with van der Waals surface area (Å²) < 4.78 is 39.6. The molecule has 0 aliphatic carbocycles. The van der Waals surface area contributed by atoms with E-state index < -0.39 is 22.0 Å². The number of benzene rings is 5. The summed E-state index contributed by atoms with van der Waals surface area (Å²) in [6.45, 7) is 12.5. The molecule has 2 N–H and O–H groups in total. The molecule has 0 bridgehead atoms. The molecule has 1 unspecified atom stereocenters. The average molecular weight is 872 g/mol. The van der Waals surface area contributed by atoms with Crippen molar-refractivity contribution in [1.82, 2.24) is 4.31 Å². The fraction of sp³-hybridized carbons (Fsp3) is 0.347. The third kappa shape index (κ3) is 12.2. The van der Waals surface area contributed by atoms with Gasteiger partial charge in [-0.3, -0.25) is 0 Å². The maximum absolute atomic E-state index is 14.0. The molecule has 63 heavy (non-hydrogen) atoms. The highest BCUT2D eigenvalue weighted by Gasteiger charge is 2.29. The molecule has 0 saturated carbocycles. The Morgan fingerprint density at radius 1 is 0.635 bits per heavy atom. The van der Waals surface area contributed by atoms with E-state index in [1.807, 2.05) is 48.5 Å². The van der Waals surface area contributed by atoms with Crippen LogP contribution >= 0.6 is 0 Å². The van der Waals surface area contributed by atoms with Crippen LogP contribution in [0.25, 0.3) is 21.5 Å². The molecule has 1 atom stereocenters. The third-order valence-electron chi connectivity index (χ3n) is 10.9. The highest BCUT2D eigenvalue weighted by atomic mass is 32.2. The lowest BCUT2D eigenvalue weighted by Crippen LogP contribution is -2.45. The predicted octanol–water partition coefficient (Wildman–Crippen LogP) is 12.7. The SMILES string of the molecule is C=CC(=O)OCCCCCCN(CCCCCCOC(=O)C=C)S(=O)(=O)c1ccc(/N=N/c2ccc(/N=N/c3ccc4c5c(cccc35)NC(C)(CCC)N4)c3ccccc23)cc1. The maximum atomic E-state index is 14.0. The molecule has 5 aromatic carbocycles. The molecule has 0 radical (unpaired) electrons. The molecule has 5 aromatic rings. The molecule has 13 nitrogen and oxygen atoms in total. The Balaban J connectivity index is 1.13. The third-order valence-corrected chi connectivity index (χ3v) is 12.8. The van der Waals surface area contributed by atoms with Crippen LogP contribution in [0.3, 0.4) is 0 Å². The van der Waals surface area contributed by atoms with Gasteiger partial charge >= 0.3 is 11.9 Å². The van der Waals surface area contributed by atoms with Crippen molar-refractivity contribution in [2.75, 3.05) is 36.9 Å². The van der Waals surface area contributed by atoms with Crippen molar-refractivity contribution in [1.29, 1.82) is 0 Å². The number of anilines is 2. The number of rotatable bonds is 24. The van der Waals surface area contributed by atoms with Crippen molar-refractivity contribution in [2.45, 2.75) is 88.6 Å². The fourth-order valence-corrected chi connectivity index (χ4v) is 9.25. The van der Waals surface area contributed by atoms with Gasteiger partial charge in [-0.25, -0.2) is 18.0 Å². The number of nitrogens with zero attached hydrogens (tertiary/aromatic N) is 5. The van der Waals surface area contributed by atoms with Crippen LogP contribution in [0.15, 0.2) is 142 Å². The zero-order valence-electron chi connectivity index (χ0n) is 36.2. The Labute approximate surface area is 370 Å². The standard InChI is InChI=1S/C49H57N7O6S/c1-5-31-49(4)50-44-22-18-21-40-43(29-30-45(51-49)48(40)44)55-54-42-28-27-41(38-19-12-13-20-39(38)42)53-52-36-23-25-37(26-24-36)63(59,60)56(32-14-8-10-16-34-61-46(57)6-2)33-15-9-11-17-35-62-47(58)7-3/h6-7,12-13,18-30,50-51H,2-3,5,8-11,14-17,31-35H2,1,4H3/b53-52+,55-54+. The van der Waals surface area contributed by atoms with Gasteiger partial charge in [0.25, 0.3) is 0 Å². The molecule has 14 heteroatoms. The van der Waals surface area contributed by atoms with Gasteiger partial charge in [-0.15, -0.1) is 15.3 Å². The second-order valence-electron chi connectivity index (χ2n) is 15.7. The summed E-state index contributed by atoms with van der Waals surface area (Å²) in [7, 11) is -3.82. The second-order valence-corrected chi connectivity index (χ2v) is 17.6. The molecule has 0 spiro atoms. The minimum atomic E-state index is -3.82.